The first-order valence-corrected chi connectivity index (χ1v) is 12.5. The lowest BCUT2D eigenvalue weighted by molar-refractivity contribution is -0.121. The van der Waals surface area contributed by atoms with Crippen LogP contribution in [0.25, 0.3) is 6.08 Å². The Hall–Kier alpha value is -3.56. The van der Waals surface area contributed by atoms with Crippen molar-refractivity contribution in [3.63, 3.8) is 0 Å². The van der Waals surface area contributed by atoms with E-state index < -0.39 is 5.97 Å². The van der Waals surface area contributed by atoms with E-state index >= 15 is 0 Å². The summed E-state index contributed by atoms with van der Waals surface area (Å²) in [7, 11) is 4.59. The number of hydrogen-bond acceptors (Lipinski definition) is 7. The number of esters is 1. The van der Waals surface area contributed by atoms with Crippen LogP contribution in [0.15, 0.2) is 81.1 Å². The van der Waals surface area contributed by atoms with E-state index in [1.807, 2.05) is 42.5 Å². The van der Waals surface area contributed by atoms with Gasteiger partial charge in [-0.05, 0) is 65.4 Å². The summed E-state index contributed by atoms with van der Waals surface area (Å²) in [4.78, 5) is 31.1. The Kier molecular flexibility index (Phi) is 8.12. The van der Waals surface area contributed by atoms with Crippen molar-refractivity contribution in [1.29, 1.82) is 0 Å². The number of carbonyl (C=O) groups excluding carboxylic acids is 2. The third-order valence-corrected chi connectivity index (χ3v) is 7.07. The number of benzene rings is 3. The molecule has 1 aliphatic heterocycles. The Labute approximate surface area is 221 Å². The number of nitrogens with zero attached hydrogens (tertiary/aromatic N) is 2. The highest BCUT2D eigenvalue weighted by Gasteiger charge is 2.30. The smallest absolute Gasteiger partial charge is 0.337 e. The first kappa shape index (κ1) is 25.5. The van der Waals surface area contributed by atoms with Gasteiger partial charge in [0.25, 0.3) is 5.91 Å². The molecule has 0 unspecified atom stereocenters. The van der Waals surface area contributed by atoms with Crippen molar-refractivity contribution in [3.05, 3.63) is 92.8 Å². The second-order valence-corrected chi connectivity index (χ2v) is 9.57. The van der Waals surface area contributed by atoms with E-state index in [0.717, 1.165) is 15.6 Å². The summed E-state index contributed by atoms with van der Waals surface area (Å²) in [6.45, 7) is 0.406. The van der Waals surface area contributed by atoms with Gasteiger partial charge < -0.3 is 14.2 Å². The standard InChI is InChI=1S/C27H23BrN2O5S/c1-30-25(31)24(36-27(30)29-20-11-9-18(10-12-20)26(32)34-3)14-19-13-22(33-2)23(15-21(19)28)35-16-17-7-5-4-6-8-17/h4-15H,16H2,1-3H3. The molecule has 1 aliphatic rings. The third kappa shape index (κ3) is 5.80. The van der Waals surface area contributed by atoms with Crippen LogP contribution < -0.4 is 9.47 Å². The lowest BCUT2D eigenvalue weighted by atomic mass is 10.1. The van der Waals surface area contributed by atoms with E-state index in [1.54, 1.807) is 44.5 Å². The summed E-state index contributed by atoms with van der Waals surface area (Å²) >= 11 is 4.86. The van der Waals surface area contributed by atoms with Gasteiger partial charge in [0.05, 0.1) is 30.4 Å². The molecular formula is C27H23BrN2O5S. The van der Waals surface area contributed by atoms with Crippen LogP contribution in [0.2, 0.25) is 0 Å². The van der Waals surface area contributed by atoms with Gasteiger partial charge in [-0.1, -0.05) is 46.3 Å². The average Bonchev–Trinajstić information content (AvgIpc) is 3.16. The van der Waals surface area contributed by atoms with Crippen molar-refractivity contribution in [1.82, 2.24) is 4.90 Å². The van der Waals surface area contributed by atoms with Crippen molar-refractivity contribution in [2.24, 2.45) is 4.99 Å². The fourth-order valence-electron chi connectivity index (χ4n) is 3.36. The summed E-state index contributed by atoms with van der Waals surface area (Å²) in [5.74, 6) is 0.569. The zero-order valence-electron chi connectivity index (χ0n) is 19.9. The van der Waals surface area contributed by atoms with Crippen LogP contribution in [0.5, 0.6) is 11.5 Å². The number of ether oxygens (including phenoxy) is 3. The molecule has 1 heterocycles. The molecule has 3 aromatic carbocycles. The number of carbonyl (C=O) groups is 2. The van der Waals surface area contributed by atoms with Gasteiger partial charge in [0.2, 0.25) is 0 Å². The largest absolute Gasteiger partial charge is 0.493 e. The summed E-state index contributed by atoms with van der Waals surface area (Å²) in [5, 5.41) is 0.531. The Bertz CT molecular complexity index is 1340. The summed E-state index contributed by atoms with van der Waals surface area (Å²) in [6.07, 6.45) is 1.79. The van der Waals surface area contributed by atoms with Gasteiger partial charge in [-0.3, -0.25) is 9.69 Å². The number of halogens is 1. The molecular weight excluding hydrogens is 544 g/mol. The fraction of sp³-hybridized carbons (Fsp3) is 0.148. The first-order chi connectivity index (χ1) is 17.4. The fourth-order valence-corrected chi connectivity index (χ4v) is 4.78. The van der Waals surface area contributed by atoms with Crippen molar-refractivity contribution < 1.29 is 23.8 Å². The van der Waals surface area contributed by atoms with E-state index in [1.165, 1.54) is 23.8 Å². The van der Waals surface area contributed by atoms with Crippen LogP contribution in [0, 0.1) is 0 Å². The van der Waals surface area contributed by atoms with Gasteiger partial charge in [-0.25, -0.2) is 9.79 Å². The predicted octanol–water partition coefficient (Wildman–Crippen LogP) is 6.06. The second-order valence-electron chi connectivity index (χ2n) is 7.71. The zero-order chi connectivity index (χ0) is 25.7. The van der Waals surface area contributed by atoms with Gasteiger partial charge in [0.1, 0.15) is 6.61 Å². The van der Waals surface area contributed by atoms with E-state index in [4.69, 9.17) is 14.2 Å². The number of amidine groups is 1. The summed E-state index contributed by atoms with van der Waals surface area (Å²) in [6, 6.07) is 20.2. The topological polar surface area (TPSA) is 77.4 Å². The van der Waals surface area contributed by atoms with Crippen LogP contribution >= 0.6 is 27.7 Å². The van der Waals surface area contributed by atoms with Gasteiger partial charge in [-0.2, -0.15) is 0 Å². The van der Waals surface area contributed by atoms with Crippen LogP contribution in [0.4, 0.5) is 5.69 Å². The molecule has 0 saturated carbocycles. The molecule has 1 fully saturated rings. The highest BCUT2D eigenvalue weighted by atomic mass is 79.9. The minimum atomic E-state index is -0.417. The van der Waals surface area contributed by atoms with Crippen LogP contribution in [0.3, 0.4) is 0 Å². The molecule has 0 N–H and O–H groups in total. The minimum Gasteiger partial charge on any atom is -0.493 e. The van der Waals surface area contributed by atoms with E-state index in [0.29, 0.717) is 39.4 Å². The van der Waals surface area contributed by atoms with Crippen LogP contribution in [-0.4, -0.2) is 43.2 Å². The Balaban J connectivity index is 1.55. The number of amides is 1. The molecule has 7 nitrogen and oxygen atoms in total. The average molecular weight is 567 g/mol. The van der Waals surface area contributed by atoms with Crippen molar-refractivity contribution in [2.75, 3.05) is 21.3 Å². The maximum Gasteiger partial charge on any atom is 0.337 e. The molecule has 9 heteroatoms. The predicted molar refractivity (Wildman–Crippen MR) is 145 cm³/mol. The first-order valence-electron chi connectivity index (χ1n) is 10.9. The molecule has 36 heavy (non-hydrogen) atoms. The monoisotopic (exact) mass is 566 g/mol. The molecule has 0 spiro atoms. The van der Waals surface area contributed by atoms with Gasteiger partial charge in [0, 0.05) is 11.5 Å². The summed E-state index contributed by atoms with van der Waals surface area (Å²) < 4.78 is 17.0. The molecule has 0 radical (unpaired) electrons. The van der Waals surface area contributed by atoms with Crippen molar-refractivity contribution in [2.45, 2.75) is 6.61 Å². The molecule has 1 saturated heterocycles. The van der Waals surface area contributed by atoms with Gasteiger partial charge in [0.15, 0.2) is 16.7 Å². The van der Waals surface area contributed by atoms with E-state index in [-0.39, 0.29) is 5.91 Å². The molecule has 0 atom stereocenters. The maximum atomic E-state index is 12.9. The van der Waals surface area contributed by atoms with Crippen LogP contribution in [0.1, 0.15) is 21.5 Å². The zero-order valence-corrected chi connectivity index (χ0v) is 22.3. The second kappa shape index (κ2) is 11.5. The number of thioether (sulfide) groups is 1. The maximum absolute atomic E-state index is 12.9. The molecule has 1 amide bonds. The number of rotatable bonds is 7. The van der Waals surface area contributed by atoms with Crippen LogP contribution in [-0.2, 0) is 16.1 Å². The van der Waals surface area contributed by atoms with E-state index in [9.17, 15) is 9.59 Å². The Morgan fingerprint density at radius 3 is 2.44 bits per heavy atom. The highest BCUT2D eigenvalue weighted by Crippen LogP contribution is 2.38. The van der Waals surface area contributed by atoms with Crippen molar-refractivity contribution in [3.8, 4) is 11.5 Å². The van der Waals surface area contributed by atoms with E-state index in [2.05, 4.69) is 20.9 Å². The molecule has 0 aromatic heterocycles. The molecule has 3 aromatic rings. The number of likely N-dealkylation sites (N-methyl/N-ethyl adjacent to an activating group) is 1. The molecule has 4 rings (SSSR count). The number of methoxy groups -OCH3 is 2. The quantitative estimate of drug-likeness (QED) is 0.255. The highest BCUT2D eigenvalue weighted by molar-refractivity contribution is 9.10. The van der Waals surface area contributed by atoms with Gasteiger partial charge >= 0.3 is 5.97 Å². The number of hydrogen-bond donors (Lipinski definition) is 0. The SMILES string of the molecule is COC(=O)c1ccc(N=C2SC(=Cc3cc(OC)c(OCc4ccccc4)cc3Br)C(=O)N2C)cc1. The molecule has 0 bridgehead atoms. The normalized spacial score (nSPS) is 15.4. The Morgan fingerprint density at radius 1 is 1.06 bits per heavy atom. The molecule has 0 aliphatic carbocycles. The van der Waals surface area contributed by atoms with Crippen molar-refractivity contribution >= 4 is 56.5 Å². The minimum absolute atomic E-state index is 0.166. The third-order valence-electron chi connectivity index (χ3n) is 5.32. The number of aliphatic imine (C=N–C) groups is 1. The summed E-state index contributed by atoms with van der Waals surface area (Å²) in [5.41, 5.74) is 2.87. The van der Waals surface area contributed by atoms with Gasteiger partial charge in [-0.15, -0.1) is 0 Å². The lowest BCUT2D eigenvalue weighted by Gasteiger charge is -2.13. The Morgan fingerprint density at radius 2 is 1.78 bits per heavy atom. The molecule has 184 valence electrons. The lowest BCUT2D eigenvalue weighted by Crippen LogP contribution is -2.23.